The Hall–Kier alpha value is -1.68. The smallest absolute Gasteiger partial charge is 0.227 e. The van der Waals surface area contributed by atoms with Crippen molar-refractivity contribution in [2.45, 2.75) is 33.2 Å². The Bertz CT molecular complexity index is 455. The molecule has 4 heteroatoms. The Balaban J connectivity index is 2.66. The van der Waals surface area contributed by atoms with Gasteiger partial charge in [0.2, 0.25) is 5.91 Å². The third-order valence-electron chi connectivity index (χ3n) is 2.91. The molecule has 4 nitrogen and oxygen atoms in total. The molecule has 1 amide bonds. The zero-order valence-electron chi connectivity index (χ0n) is 12.1. The van der Waals surface area contributed by atoms with E-state index in [-0.39, 0.29) is 11.7 Å². The maximum Gasteiger partial charge on any atom is 0.227 e. The number of anilines is 1. The van der Waals surface area contributed by atoms with Gasteiger partial charge < -0.3 is 10.2 Å². The fourth-order valence-corrected chi connectivity index (χ4v) is 1.71. The average molecular weight is 262 g/mol. The van der Waals surface area contributed by atoms with Crippen molar-refractivity contribution >= 4 is 17.4 Å². The SMILES string of the molecule is CC(=O)c1cccc(N(C)C(=O)CCNC(C)C)c1. The molecule has 0 heterocycles. The summed E-state index contributed by atoms with van der Waals surface area (Å²) >= 11 is 0. The molecule has 0 aliphatic carbocycles. The van der Waals surface area contributed by atoms with E-state index in [2.05, 4.69) is 5.32 Å². The van der Waals surface area contributed by atoms with Crippen LogP contribution in [0.2, 0.25) is 0 Å². The molecule has 0 unspecified atom stereocenters. The first kappa shape index (κ1) is 15.4. The molecule has 0 atom stereocenters. The molecule has 19 heavy (non-hydrogen) atoms. The molecule has 0 bridgehead atoms. The monoisotopic (exact) mass is 262 g/mol. The van der Waals surface area contributed by atoms with Crippen LogP contribution in [0.3, 0.4) is 0 Å². The summed E-state index contributed by atoms with van der Waals surface area (Å²) in [4.78, 5) is 24.9. The summed E-state index contributed by atoms with van der Waals surface area (Å²) in [5.74, 6) is 0.0398. The minimum Gasteiger partial charge on any atom is -0.315 e. The van der Waals surface area contributed by atoms with Crippen LogP contribution in [0.4, 0.5) is 5.69 Å². The van der Waals surface area contributed by atoms with Crippen LogP contribution in [0, 0.1) is 0 Å². The van der Waals surface area contributed by atoms with Crippen LogP contribution in [0.5, 0.6) is 0 Å². The quantitative estimate of drug-likeness (QED) is 0.800. The van der Waals surface area contributed by atoms with Crippen LogP contribution in [-0.4, -0.2) is 31.3 Å². The highest BCUT2D eigenvalue weighted by Gasteiger charge is 2.11. The molecule has 104 valence electrons. The second-order valence-corrected chi connectivity index (χ2v) is 4.92. The van der Waals surface area contributed by atoms with E-state index < -0.39 is 0 Å². The number of ketones is 1. The van der Waals surface area contributed by atoms with Crippen LogP contribution in [0.25, 0.3) is 0 Å². The zero-order valence-corrected chi connectivity index (χ0v) is 12.1. The van der Waals surface area contributed by atoms with Crippen molar-refractivity contribution in [2.24, 2.45) is 0 Å². The molecule has 0 spiro atoms. The summed E-state index contributed by atoms with van der Waals surface area (Å²) in [6.07, 6.45) is 0.443. The Kier molecular flexibility index (Phi) is 5.70. The molecule has 0 aromatic heterocycles. The summed E-state index contributed by atoms with van der Waals surface area (Å²) in [6.45, 7) is 6.27. The van der Waals surface area contributed by atoms with Crippen LogP contribution >= 0.6 is 0 Å². The number of carbonyl (C=O) groups is 2. The highest BCUT2D eigenvalue weighted by atomic mass is 16.2. The fraction of sp³-hybridized carbons (Fsp3) is 0.467. The van der Waals surface area contributed by atoms with Gasteiger partial charge in [-0.05, 0) is 19.1 Å². The Morgan fingerprint density at radius 3 is 2.58 bits per heavy atom. The average Bonchev–Trinajstić information content (AvgIpc) is 2.37. The molecule has 1 N–H and O–H groups in total. The number of nitrogens with zero attached hydrogens (tertiary/aromatic N) is 1. The van der Waals surface area contributed by atoms with E-state index in [0.717, 1.165) is 5.69 Å². The molecule has 0 radical (unpaired) electrons. The topological polar surface area (TPSA) is 49.4 Å². The molecular formula is C15H22N2O2. The van der Waals surface area contributed by atoms with Crippen molar-refractivity contribution in [3.8, 4) is 0 Å². The lowest BCUT2D eigenvalue weighted by Crippen LogP contribution is -2.32. The van der Waals surface area contributed by atoms with E-state index in [0.29, 0.717) is 24.6 Å². The minimum absolute atomic E-state index is 0.00386. The number of hydrogen-bond donors (Lipinski definition) is 1. The molecule has 0 aliphatic rings. The Morgan fingerprint density at radius 2 is 2.00 bits per heavy atom. The van der Waals surface area contributed by atoms with Gasteiger partial charge in [0.25, 0.3) is 0 Å². The third kappa shape index (κ3) is 4.83. The normalized spacial score (nSPS) is 10.6. The van der Waals surface area contributed by atoms with Crippen molar-refractivity contribution in [1.82, 2.24) is 5.32 Å². The number of rotatable bonds is 6. The van der Waals surface area contributed by atoms with E-state index in [9.17, 15) is 9.59 Å². The number of nitrogens with one attached hydrogen (secondary N) is 1. The van der Waals surface area contributed by atoms with Gasteiger partial charge in [-0.15, -0.1) is 0 Å². The first-order valence-electron chi connectivity index (χ1n) is 6.52. The van der Waals surface area contributed by atoms with Crippen molar-refractivity contribution in [1.29, 1.82) is 0 Å². The van der Waals surface area contributed by atoms with E-state index in [1.807, 2.05) is 19.9 Å². The predicted octanol–water partition coefficient (Wildman–Crippen LogP) is 2.24. The van der Waals surface area contributed by atoms with Gasteiger partial charge in [0.15, 0.2) is 5.78 Å². The first-order chi connectivity index (χ1) is 8.91. The molecule has 0 aliphatic heterocycles. The molecular weight excluding hydrogens is 240 g/mol. The molecule has 0 fully saturated rings. The predicted molar refractivity (Wildman–Crippen MR) is 77.6 cm³/mol. The van der Waals surface area contributed by atoms with E-state index >= 15 is 0 Å². The van der Waals surface area contributed by atoms with E-state index in [1.54, 1.807) is 30.1 Å². The number of carbonyl (C=O) groups excluding carboxylic acids is 2. The van der Waals surface area contributed by atoms with Crippen molar-refractivity contribution < 1.29 is 9.59 Å². The molecule has 1 aromatic carbocycles. The maximum absolute atomic E-state index is 12.0. The number of hydrogen-bond acceptors (Lipinski definition) is 3. The minimum atomic E-state index is 0.00386. The van der Waals surface area contributed by atoms with Crippen molar-refractivity contribution in [3.63, 3.8) is 0 Å². The molecule has 0 saturated heterocycles. The number of Topliss-reactive ketones (excluding diaryl/α,β-unsaturated/α-hetero) is 1. The zero-order chi connectivity index (χ0) is 14.4. The third-order valence-corrected chi connectivity index (χ3v) is 2.91. The lowest BCUT2D eigenvalue weighted by Gasteiger charge is -2.18. The molecule has 1 rings (SSSR count). The summed E-state index contributed by atoms with van der Waals surface area (Å²) in [7, 11) is 1.73. The van der Waals surface area contributed by atoms with Crippen LogP contribution in [0.1, 0.15) is 37.6 Å². The highest BCUT2D eigenvalue weighted by molar-refractivity contribution is 5.97. The van der Waals surface area contributed by atoms with Gasteiger partial charge in [0, 0.05) is 37.3 Å². The lowest BCUT2D eigenvalue weighted by molar-refractivity contribution is -0.118. The standard InChI is InChI=1S/C15H22N2O2/c1-11(2)16-9-8-15(19)17(4)14-7-5-6-13(10-14)12(3)18/h5-7,10-11,16H,8-9H2,1-4H3. The van der Waals surface area contributed by atoms with Crippen LogP contribution in [-0.2, 0) is 4.79 Å². The first-order valence-corrected chi connectivity index (χ1v) is 6.52. The summed E-state index contributed by atoms with van der Waals surface area (Å²) in [5, 5.41) is 3.21. The van der Waals surface area contributed by atoms with Crippen molar-refractivity contribution in [2.75, 3.05) is 18.5 Å². The Labute approximate surface area is 114 Å². The second kappa shape index (κ2) is 7.04. The number of amides is 1. The molecule has 1 aromatic rings. The lowest BCUT2D eigenvalue weighted by atomic mass is 10.1. The fourth-order valence-electron chi connectivity index (χ4n) is 1.71. The van der Waals surface area contributed by atoms with E-state index in [1.165, 1.54) is 6.92 Å². The van der Waals surface area contributed by atoms with Gasteiger partial charge in [-0.1, -0.05) is 26.0 Å². The maximum atomic E-state index is 12.0. The Morgan fingerprint density at radius 1 is 1.32 bits per heavy atom. The van der Waals surface area contributed by atoms with Gasteiger partial charge in [-0.25, -0.2) is 0 Å². The van der Waals surface area contributed by atoms with Crippen LogP contribution in [0.15, 0.2) is 24.3 Å². The summed E-state index contributed by atoms with van der Waals surface area (Å²) < 4.78 is 0. The molecule has 0 saturated carbocycles. The summed E-state index contributed by atoms with van der Waals surface area (Å²) in [6, 6.07) is 7.50. The highest BCUT2D eigenvalue weighted by Crippen LogP contribution is 2.16. The largest absolute Gasteiger partial charge is 0.315 e. The van der Waals surface area contributed by atoms with E-state index in [4.69, 9.17) is 0 Å². The number of benzene rings is 1. The summed E-state index contributed by atoms with van der Waals surface area (Å²) in [5.41, 5.74) is 1.37. The van der Waals surface area contributed by atoms with Gasteiger partial charge >= 0.3 is 0 Å². The van der Waals surface area contributed by atoms with Crippen LogP contribution < -0.4 is 10.2 Å². The second-order valence-electron chi connectivity index (χ2n) is 4.92. The van der Waals surface area contributed by atoms with Crippen molar-refractivity contribution in [3.05, 3.63) is 29.8 Å². The van der Waals surface area contributed by atoms with Gasteiger partial charge in [0.1, 0.15) is 0 Å². The van der Waals surface area contributed by atoms with Gasteiger partial charge in [0.05, 0.1) is 0 Å². The van der Waals surface area contributed by atoms with Gasteiger partial charge in [-0.2, -0.15) is 0 Å². The van der Waals surface area contributed by atoms with Gasteiger partial charge in [-0.3, -0.25) is 9.59 Å².